The van der Waals surface area contributed by atoms with Crippen molar-refractivity contribution in [1.82, 2.24) is 14.9 Å². The van der Waals surface area contributed by atoms with Gasteiger partial charge in [-0.2, -0.15) is 0 Å². The third kappa shape index (κ3) is 4.21. The molecule has 0 fully saturated rings. The summed E-state index contributed by atoms with van der Waals surface area (Å²) >= 11 is 1.91. The van der Waals surface area contributed by atoms with E-state index in [1.807, 2.05) is 30.9 Å². The van der Waals surface area contributed by atoms with Crippen molar-refractivity contribution < 1.29 is 0 Å². The van der Waals surface area contributed by atoms with Gasteiger partial charge in [0.1, 0.15) is 0 Å². The van der Waals surface area contributed by atoms with Gasteiger partial charge in [-0.1, -0.05) is 32.9 Å². The molecule has 26 heavy (non-hydrogen) atoms. The van der Waals surface area contributed by atoms with Crippen LogP contribution >= 0.6 is 11.8 Å². The molecule has 1 N–H and O–H groups in total. The second-order valence-corrected chi connectivity index (χ2v) is 8.74. The minimum absolute atomic E-state index is 0.242. The van der Waals surface area contributed by atoms with Gasteiger partial charge in [0.2, 0.25) is 5.95 Å². The predicted molar refractivity (Wildman–Crippen MR) is 112 cm³/mol. The van der Waals surface area contributed by atoms with Crippen LogP contribution in [0.15, 0.2) is 42.1 Å². The van der Waals surface area contributed by atoms with Crippen LogP contribution in [0, 0.1) is 12.3 Å². The number of benzene rings is 1. The number of hydrogen-bond acceptors (Lipinski definition) is 5. The van der Waals surface area contributed by atoms with E-state index in [0.717, 1.165) is 24.3 Å². The molecule has 1 aromatic carbocycles. The van der Waals surface area contributed by atoms with E-state index in [4.69, 9.17) is 0 Å². The summed E-state index contributed by atoms with van der Waals surface area (Å²) in [5, 5.41) is 5.86. The van der Waals surface area contributed by atoms with Crippen LogP contribution in [0.4, 0.5) is 5.95 Å². The number of nitrogens with one attached hydrogen (secondary N) is 1. The molecule has 1 unspecified atom stereocenters. The van der Waals surface area contributed by atoms with Gasteiger partial charge >= 0.3 is 0 Å². The summed E-state index contributed by atoms with van der Waals surface area (Å²) in [5.74, 6) is 0.680. The van der Waals surface area contributed by atoms with Gasteiger partial charge in [-0.3, -0.25) is 0 Å². The normalized spacial score (nSPS) is 17.0. The Morgan fingerprint density at radius 3 is 2.73 bits per heavy atom. The first kappa shape index (κ1) is 18.8. The van der Waals surface area contributed by atoms with Crippen LogP contribution in [-0.4, -0.2) is 26.8 Å². The molecule has 1 atom stereocenters. The smallest absolute Gasteiger partial charge is 0.223 e. The first-order valence-electron chi connectivity index (χ1n) is 9.13. The maximum atomic E-state index is 4.60. The van der Waals surface area contributed by atoms with E-state index < -0.39 is 0 Å². The molecular weight excluding hydrogens is 340 g/mol. The lowest BCUT2D eigenvalue weighted by Crippen LogP contribution is -2.35. The van der Waals surface area contributed by atoms with Crippen LogP contribution in [0.5, 0.6) is 0 Å². The van der Waals surface area contributed by atoms with E-state index in [1.54, 1.807) is 0 Å². The molecule has 0 bridgehead atoms. The molecule has 1 aliphatic rings. The van der Waals surface area contributed by atoms with Crippen molar-refractivity contribution in [3.63, 3.8) is 0 Å². The molecule has 1 aromatic heterocycles. The van der Waals surface area contributed by atoms with Crippen molar-refractivity contribution in [2.45, 2.75) is 46.5 Å². The summed E-state index contributed by atoms with van der Waals surface area (Å²) in [6.45, 7) is 12.9. The molecule has 0 amide bonds. The Bertz CT molecular complexity index is 795. The highest BCUT2D eigenvalue weighted by Gasteiger charge is 2.31. The fraction of sp³-hybridized carbons (Fsp3) is 0.429. The molecule has 0 aliphatic carbocycles. The van der Waals surface area contributed by atoms with Crippen LogP contribution in [0.25, 0.3) is 11.3 Å². The molecule has 1 aliphatic heterocycles. The standard InChI is InChI=1S/C21H28N4S/c1-6-22-20-23-10-9-18(24-20)16-7-8-17(15(2)13-16)14-25-11-12-26-19(25)21(3,4)5/h7-13,19H,6,14H2,1-5H3,(H,22,23,24). The molecule has 0 spiro atoms. The van der Waals surface area contributed by atoms with Crippen molar-refractivity contribution in [2.75, 3.05) is 11.9 Å². The maximum absolute atomic E-state index is 4.60. The van der Waals surface area contributed by atoms with Crippen LogP contribution in [-0.2, 0) is 6.54 Å². The second-order valence-electron chi connectivity index (χ2n) is 7.75. The molecule has 0 saturated carbocycles. The summed E-state index contributed by atoms with van der Waals surface area (Å²) in [6, 6.07) is 8.59. The molecular formula is C21H28N4S. The maximum Gasteiger partial charge on any atom is 0.223 e. The Morgan fingerprint density at radius 2 is 2.04 bits per heavy atom. The zero-order valence-electron chi connectivity index (χ0n) is 16.3. The van der Waals surface area contributed by atoms with Crippen LogP contribution in [0.1, 0.15) is 38.8 Å². The number of aryl methyl sites for hydroxylation is 1. The molecule has 2 aromatic rings. The van der Waals surface area contributed by atoms with E-state index in [1.165, 1.54) is 11.1 Å². The lowest BCUT2D eigenvalue weighted by Gasteiger charge is -2.35. The summed E-state index contributed by atoms with van der Waals surface area (Å²) < 4.78 is 0. The number of anilines is 1. The van der Waals surface area contributed by atoms with Gasteiger partial charge in [-0.25, -0.2) is 9.97 Å². The van der Waals surface area contributed by atoms with E-state index in [2.05, 4.69) is 77.7 Å². The average Bonchev–Trinajstić information content (AvgIpc) is 3.06. The van der Waals surface area contributed by atoms with Gasteiger partial charge in [0.15, 0.2) is 0 Å². The second kappa shape index (κ2) is 7.70. The van der Waals surface area contributed by atoms with Crippen molar-refractivity contribution in [1.29, 1.82) is 0 Å². The zero-order valence-corrected chi connectivity index (χ0v) is 17.1. The molecule has 138 valence electrons. The van der Waals surface area contributed by atoms with Gasteiger partial charge in [0, 0.05) is 31.0 Å². The number of nitrogens with zero attached hydrogens (tertiary/aromatic N) is 3. The number of thioether (sulfide) groups is 1. The lowest BCUT2D eigenvalue weighted by molar-refractivity contribution is 0.220. The van der Waals surface area contributed by atoms with Crippen molar-refractivity contribution >= 4 is 17.7 Å². The van der Waals surface area contributed by atoms with Gasteiger partial charge in [-0.15, -0.1) is 11.8 Å². The highest BCUT2D eigenvalue weighted by Crippen LogP contribution is 2.39. The van der Waals surface area contributed by atoms with E-state index in [-0.39, 0.29) is 5.41 Å². The Labute approximate surface area is 161 Å². The topological polar surface area (TPSA) is 41.1 Å². The van der Waals surface area contributed by atoms with E-state index in [0.29, 0.717) is 11.3 Å². The van der Waals surface area contributed by atoms with Gasteiger partial charge in [0.25, 0.3) is 0 Å². The SMILES string of the molecule is CCNc1nccc(-c2ccc(CN3C=CSC3C(C)(C)C)c(C)c2)n1. The predicted octanol–water partition coefficient (Wildman–Crippen LogP) is 5.28. The monoisotopic (exact) mass is 368 g/mol. The first-order chi connectivity index (χ1) is 12.4. The highest BCUT2D eigenvalue weighted by atomic mass is 32.2. The average molecular weight is 369 g/mol. The van der Waals surface area contributed by atoms with Gasteiger partial charge in [0.05, 0.1) is 11.1 Å². The van der Waals surface area contributed by atoms with Crippen LogP contribution in [0.2, 0.25) is 0 Å². The molecule has 0 radical (unpaired) electrons. The molecule has 2 heterocycles. The largest absolute Gasteiger partial charge is 0.360 e. The van der Waals surface area contributed by atoms with Crippen molar-refractivity contribution in [3.05, 3.63) is 53.2 Å². The van der Waals surface area contributed by atoms with E-state index >= 15 is 0 Å². The van der Waals surface area contributed by atoms with Crippen LogP contribution in [0.3, 0.4) is 0 Å². The third-order valence-corrected chi connectivity index (χ3v) is 6.00. The quantitative estimate of drug-likeness (QED) is 0.778. The summed E-state index contributed by atoms with van der Waals surface area (Å²) in [7, 11) is 0. The first-order valence-corrected chi connectivity index (χ1v) is 10.1. The third-order valence-electron chi connectivity index (χ3n) is 4.48. The Morgan fingerprint density at radius 1 is 1.23 bits per heavy atom. The number of hydrogen-bond donors (Lipinski definition) is 1. The lowest BCUT2D eigenvalue weighted by atomic mass is 9.95. The number of aromatic nitrogens is 2. The van der Waals surface area contributed by atoms with Gasteiger partial charge in [-0.05, 0) is 47.9 Å². The van der Waals surface area contributed by atoms with Gasteiger partial charge < -0.3 is 10.2 Å². The molecule has 3 rings (SSSR count). The summed E-state index contributed by atoms with van der Waals surface area (Å²) in [4.78, 5) is 11.3. The molecule has 4 nitrogen and oxygen atoms in total. The summed E-state index contributed by atoms with van der Waals surface area (Å²) in [6.07, 6.45) is 4.03. The Hall–Kier alpha value is -2.01. The minimum atomic E-state index is 0.242. The fourth-order valence-corrected chi connectivity index (χ4v) is 4.26. The molecule has 0 saturated heterocycles. The highest BCUT2D eigenvalue weighted by molar-refractivity contribution is 8.02. The summed E-state index contributed by atoms with van der Waals surface area (Å²) in [5.41, 5.74) is 4.98. The number of rotatable bonds is 5. The minimum Gasteiger partial charge on any atom is -0.360 e. The van der Waals surface area contributed by atoms with Crippen LogP contribution < -0.4 is 5.32 Å². The van der Waals surface area contributed by atoms with Crippen molar-refractivity contribution in [3.8, 4) is 11.3 Å². The Kier molecular flexibility index (Phi) is 5.56. The Balaban J connectivity index is 1.80. The van der Waals surface area contributed by atoms with Crippen molar-refractivity contribution in [2.24, 2.45) is 5.41 Å². The molecule has 5 heteroatoms. The van der Waals surface area contributed by atoms with E-state index in [9.17, 15) is 0 Å². The fourth-order valence-electron chi connectivity index (χ4n) is 3.17. The zero-order chi connectivity index (χ0) is 18.7.